The van der Waals surface area contributed by atoms with Gasteiger partial charge in [-0.25, -0.2) is 12.8 Å². The number of nitrogens with two attached hydrogens (primary N) is 1. The fourth-order valence-electron chi connectivity index (χ4n) is 1.72. The Kier molecular flexibility index (Phi) is 6.10. The predicted molar refractivity (Wildman–Crippen MR) is 76.5 cm³/mol. The highest BCUT2D eigenvalue weighted by Gasteiger charge is 2.27. The summed E-state index contributed by atoms with van der Waals surface area (Å²) in [5.41, 5.74) is 5.13. The molecule has 0 spiro atoms. The van der Waals surface area contributed by atoms with Gasteiger partial charge in [0, 0.05) is 6.54 Å². The van der Waals surface area contributed by atoms with Crippen LogP contribution in [-0.2, 0) is 19.6 Å². The molecule has 0 bridgehead atoms. The highest BCUT2D eigenvalue weighted by molar-refractivity contribution is 7.89. The van der Waals surface area contributed by atoms with Gasteiger partial charge in [-0.05, 0) is 31.5 Å². The first kappa shape index (κ1) is 17.4. The largest absolute Gasteiger partial charge is 0.465 e. The first-order chi connectivity index (χ1) is 9.82. The Hall–Kier alpha value is -1.67. The monoisotopic (exact) mass is 318 g/mol. The van der Waals surface area contributed by atoms with Crippen molar-refractivity contribution in [1.82, 2.24) is 4.31 Å². The van der Waals surface area contributed by atoms with E-state index >= 15 is 0 Å². The Bertz CT molecular complexity index is 604. The minimum absolute atomic E-state index is 0.151. The Balaban J connectivity index is 3.09. The van der Waals surface area contributed by atoms with Gasteiger partial charge in [0.05, 0.1) is 17.2 Å². The molecule has 0 aliphatic carbocycles. The van der Waals surface area contributed by atoms with Crippen LogP contribution >= 0.6 is 0 Å². The van der Waals surface area contributed by atoms with Gasteiger partial charge in [-0.2, -0.15) is 4.31 Å². The standard InChI is InChI=1S/C13H19FN2O4S/c1-3-7-16(9-13(17)20-4-2)21(18,19)10-5-6-11(14)12(15)8-10/h5-6,8H,3-4,7,9,15H2,1-2H3. The summed E-state index contributed by atoms with van der Waals surface area (Å²) < 4.78 is 43.8. The van der Waals surface area contributed by atoms with E-state index in [0.717, 1.165) is 22.5 Å². The molecule has 0 atom stereocenters. The van der Waals surface area contributed by atoms with Crippen molar-refractivity contribution >= 4 is 21.7 Å². The van der Waals surface area contributed by atoms with Gasteiger partial charge < -0.3 is 10.5 Å². The number of anilines is 1. The molecule has 2 N–H and O–H groups in total. The summed E-state index contributed by atoms with van der Waals surface area (Å²) in [5.74, 6) is -1.33. The maximum absolute atomic E-state index is 13.1. The number of benzene rings is 1. The van der Waals surface area contributed by atoms with E-state index in [4.69, 9.17) is 10.5 Å². The molecule has 1 rings (SSSR count). The molecule has 0 aliphatic heterocycles. The molecule has 8 heteroatoms. The fraction of sp³-hybridized carbons (Fsp3) is 0.462. The maximum atomic E-state index is 13.1. The highest BCUT2D eigenvalue weighted by atomic mass is 32.2. The van der Waals surface area contributed by atoms with E-state index < -0.39 is 21.8 Å². The number of hydrogen-bond donors (Lipinski definition) is 1. The third-order valence-electron chi connectivity index (χ3n) is 2.69. The average molecular weight is 318 g/mol. The van der Waals surface area contributed by atoms with Gasteiger partial charge in [0.2, 0.25) is 10.0 Å². The summed E-state index contributed by atoms with van der Waals surface area (Å²) in [4.78, 5) is 11.4. The number of halogens is 1. The summed E-state index contributed by atoms with van der Waals surface area (Å²) in [6.45, 7) is 3.35. The molecule has 0 aromatic heterocycles. The first-order valence-electron chi connectivity index (χ1n) is 6.53. The fourth-order valence-corrected chi connectivity index (χ4v) is 3.23. The highest BCUT2D eigenvalue weighted by Crippen LogP contribution is 2.20. The second-order valence-corrected chi connectivity index (χ2v) is 6.26. The molecule has 0 saturated heterocycles. The molecule has 1 aromatic rings. The lowest BCUT2D eigenvalue weighted by Crippen LogP contribution is -2.37. The molecule has 1 aromatic carbocycles. The SMILES string of the molecule is CCCN(CC(=O)OCC)S(=O)(=O)c1ccc(F)c(N)c1. The zero-order valence-corrected chi connectivity index (χ0v) is 12.8. The third kappa shape index (κ3) is 4.40. The van der Waals surface area contributed by atoms with E-state index in [9.17, 15) is 17.6 Å². The molecule has 21 heavy (non-hydrogen) atoms. The minimum atomic E-state index is -3.93. The zero-order valence-electron chi connectivity index (χ0n) is 12.0. The lowest BCUT2D eigenvalue weighted by Gasteiger charge is -2.20. The van der Waals surface area contributed by atoms with Crippen molar-refractivity contribution in [2.24, 2.45) is 0 Å². The van der Waals surface area contributed by atoms with Crippen molar-refractivity contribution in [3.63, 3.8) is 0 Å². The molecule has 118 valence electrons. The lowest BCUT2D eigenvalue weighted by atomic mass is 10.3. The summed E-state index contributed by atoms with van der Waals surface area (Å²) in [6.07, 6.45) is 0.523. The molecule has 0 aliphatic rings. The van der Waals surface area contributed by atoms with Crippen LogP contribution in [0.2, 0.25) is 0 Å². The number of sulfonamides is 1. The van der Waals surface area contributed by atoms with Crippen molar-refractivity contribution in [3.05, 3.63) is 24.0 Å². The summed E-state index contributed by atoms with van der Waals surface area (Å²) in [7, 11) is -3.93. The van der Waals surface area contributed by atoms with E-state index in [0.29, 0.717) is 6.42 Å². The van der Waals surface area contributed by atoms with Crippen LogP contribution in [0.25, 0.3) is 0 Å². The van der Waals surface area contributed by atoms with Crippen LogP contribution < -0.4 is 5.73 Å². The van der Waals surface area contributed by atoms with Crippen LogP contribution in [0, 0.1) is 5.82 Å². The molecule has 6 nitrogen and oxygen atoms in total. The number of carbonyl (C=O) groups excluding carboxylic acids is 1. The molecule has 0 radical (unpaired) electrons. The number of carbonyl (C=O) groups is 1. The van der Waals surface area contributed by atoms with Crippen LogP contribution in [-0.4, -0.2) is 38.4 Å². The molecule has 0 amide bonds. The van der Waals surface area contributed by atoms with E-state index in [1.807, 2.05) is 0 Å². The van der Waals surface area contributed by atoms with E-state index in [1.165, 1.54) is 0 Å². The second-order valence-electron chi connectivity index (χ2n) is 4.33. The van der Waals surface area contributed by atoms with Gasteiger partial charge in [0.25, 0.3) is 0 Å². The second kappa shape index (κ2) is 7.37. The quantitative estimate of drug-likeness (QED) is 0.606. The molecule has 0 saturated carbocycles. The van der Waals surface area contributed by atoms with Crippen LogP contribution in [0.4, 0.5) is 10.1 Å². The molecule has 0 fully saturated rings. The van der Waals surface area contributed by atoms with Crippen molar-refractivity contribution in [2.75, 3.05) is 25.4 Å². The number of esters is 1. The molecular weight excluding hydrogens is 299 g/mol. The van der Waals surface area contributed by atoms with Crippen molar-refractivity contribution < 1.29 is 22.3 Å². The summed E-state index contributed by atoms with van der Waals surface area (Å²) in [6, 6.07) is 3.14. The molecule has 0 unspecified atom stereocenters. The Morgan fingerprint density at radius 3 is 2.57 bits per heavy atom. The Labute approximate surface area is 123 Å². The van der Waals surface area contributed by atoms with Crippen LogP contribution in [0.15, 0.2) is 23.1 Å². The zero-order chi connectivity index (χ0) is 16.0. The first-order valence-corrected chi connectivity index (χ1v) is 7.97. The van der Waals surface area contributed by atoms with Crippen LogP contribution in [0.3, 0.4) is 0 Å². The topological polar surface area (TPSA) is 89.7 Å². The van der Waals surface area contributed by atoms with E-state index in [1.54, 1.807) is 13.8 Å². The van der Waals surface area contributed by atoms with Crippen molar-refractivity contribution in [3.8, 4) is 0 Å². The van der Waals surface area contributed by atoms with Crippen LogP contribution in [0.1, 0.15) is 20.3 Å². The number of nitrogens with zero attached hydrogens (tertiary/aromatic N) is 1. The smallest absolute Gasteiger partial charge is 0.321 e. The van der Waals surface area contributed by atoms with Crippen molar-refractivity contribution in [1.29, 1.82) is 0 Å². The van der Waals surface area contributed by atoms with Gasteiger partial charge >= 0.3 is 5.97 Å². The average Bonchev–Trinajstić information content (AvgIpc) is 2.41. The third-order valence-corrected chi connectivity index (χ3v) is 4.53. The predicted octanol–water partition coefficient (Wildman–Crippen LogP) is 1.37. The van der Waals surface area contributed by atoms with Gasteiger partial charge in [-0.3, -0.25) is 4.79 Å². The number of ether oxygens (including phenoxy) is 1. The van der Waals surface area contributed by atoms with Crippen molar-refractivity contribution in [2.45, 2.75) is 25.2 Å². The Morgan fingerprint density at radius 2 is 2.05 bits per heavy atom. The van der Waals surface area contributed by atoms with Gasteiger partial charge in [0.15, 0.2) is 0 Å². The van der Waals surface area contributed by atoms with Crippen LogP contribution in [0.5, 0.6) is 0 Å². The number of nitrogen functional groups attached to an aromatic ring is 1. The minimum Gasteiger partial charge on any atom is -0.465 e. The Morgan fingerprint density at radius 1 is 1.38 bits per heavy atom. The maximum Gasteiger partial charge on any atom is 0.321 e. The number of hydrogen-bond acceptors (Lipinski definition) is 5. The molecular formula is C13H19FN2O4S. The van der Waals surface area contributed by atoms with Gasteiger partial charge in [0.1, 0.15) is 12.4 Å². The lowest BCUT2D eigenvalue weighted by molar-refractivity contribution is -0.143. The van der Waals surface area contributed by atoms with Gasteiger partial charge in [-0.1, -0.05) is 6.92 Å². The molecule has 0 heterocycles. The van der Waals surface area contributed by atoms with E-state index in [-0.39, 0.29) is 30.3 Å². The normalized spacial score (nSPS) is 11.6. The number of rotatable bonds is 7. The summed E-state index contributed by atoms with van der Waals surface area (Å²) in [5, 5.41) is 0. The summed E-state index contributed by atoms with van der Waals surface area (Å²) >= 11 is 0. The van der Waals surface area contributed by atoms with E-state index in [2.05, 4.69) is 0 Å². The van der Waals surface area contributed by atoms with Gasteiger partial charge in [-0.15, -0.1) is 0 Å².